The summed E-state index contributed by atoms with van der Waals surface area (Å²) >= 11 is 0. The van der Waals surface area contributed by atoms with Gasteiger partial charge in [0, 0.05) is 6.04 Å². The molecule has 0 saturated heterocycles. The van der Waals surface area contributed by atoms with Crippen molar-refractivity contribution in [1.29, 1.82) is 0 Å². The molecule has 0 radical (unpaired) electrons. The first kappa shape index (κ1) is 14.9. The number of hydrazine groups is 1. The first-order valence-electron chi connectivity index (χ1n) is 7.62. The van der Waals surface area contributed by atoms with Gasteiger partial charge in [0.1, 0.15) is 0 Å². The van der Waals surface area contributed by atoms with Crippen LogP contribution in [0, 0.1) is 5.92 Å². The maximum absolute atomic E-state index is 12.4. The highest BCUT2D eigenvalue weighted by atomic mass is 16.1. The summed E-state index contributed by atoms with van der Waals surface area (Å²) in [6.07, 6.45) is 7.36. The SMILES string of the molecule is CCC(NC(=O)c1ccccc1NN)C1CCCCC1. The third kappa shape index (κ3) is 3.51. The van der Waals surface area contributed by atoms with Gasteiger partial charge in [0.2, 0.25) is 0 Å². The van der Waals surface area contributed by atoms with E-state index < -0.39 is 0 Å². The van der Waals surface area contributed by atoms with E-state index in [4.69, 9.17) is 5.84 Å². The Bertz CT molecular complexity index is 441. The zero-order valence-corrected chi connectivity index (χ0v) is 12.2. The molecule has 110 valence electrons. The Balaban J connectivity index is 2.04. The van der Waals surface area contributed by atoms with Crippen molar-refractivity contribution >= 4 is 11.6 Å². The van der Waals surface area contributed by atoms with E-state index in [1.54, 1.807) is 6.07 Å². The fourth-order valence-corrected chi connectivity index (χ4v) is 3.14. The van der Waals surface area contributed by atoms with Crippen molar-refractivity contribution < 1.29 is 4.79 Å². The summed E-state index contributed by atoms with van der Waals surface area (Å²) in [5, 5.41) is 3.19. The number of carbonyl (C=O) groups excluding carboxylic acids is 1. The Kier molecular flexibility index (Phi) is 5.41. The molecule has 1 saturated carbocycles. The highest BCUT2D eigenvalue weighted by Gasteiger charge is 2.24. The largest absolute Gasteiger partial charge is 0.349 e. The lowest BCUT2D eigenvalue weighted by Crippen LogP contribution is -2.41. The van der Waals surface area contributed by atoms with Crippen molar-refractivity contribution in [3.05, 3.63) is 29.8 Å². The average molecular weight is 275 g/mol. The Morgan fingerprint density at radius 2 is 2.00 bits per heavy atom. The van der Waals surface area contributed by atoms with Gasteiger partial charge in [-0.25, -0.2) is 0 Å². The highest BCUT2D eigenvalue weighted by molar-refractivity contribution is 5.99. The molecular weight excluding hydrogens is 250 g/mol. The minimum atomic E-state index is -0.0315. The number of nitrogens with one attached hydrogen (secondary N) is 2. The van der Waals surface area contributed by atoms with E-state index in [1.807, 2.05) is 18.2 Å². The molecule has 4 heteroatoms. The summed E-state index contributed by atoms with van der Waals surface area (Å²) in [4.78, 5) is 12.4. The van der Waals surface area contributed by atoms with Crippen LogP contribution in [-0.2, 0) is 0 Å². The van der Waals surface area contributed by atoms with Crippen molar-refractivity contribution in [2.24, 2.45) is 11.8 Å². The lowest BCUT2D eigenvalue weighted by molar-refractivity contribution is 0.0912. The molecule has 20 heavy (non-hydrogen) atoms. The minimum Gasteiger partial charge on any atom is -0.349 e. The molecule has 0 spiro atoms. The van der Waals surface area contributed by atoms with Gasteiger partial charge in [-0.15, -0.1) is 0 Å². The molecule has 0 bridgehead atoms. The molecule has 1 fully saturated rings. The van der Waals surface area contributed by atoms with Gasteiger partial charge in [0.05, 0.1) is 11.3 Å². The Morgan fingerprint density at radius 1 is 1.30 bits per heavy atom. The topological polar surface area (TPSA) is 67.2 Å². The zero-order valence-electron chi connectivity index (χ0n) is 12.2. The Hall–Kier alpha value is -1.55. The standard InChI is InChI=1S/C16H25N3O/c1-2-14(12-8-4-3-5-9-12)18-16(20)13-10-6-7-11-15(13)19-17/h6-7,10-12,14,19H,2-5,8-9,17H2,1H3,(H,18,20). The third-order valence-corrected chi connectivity index (χ3v) is 4.30. The molecule has 0 heterocycles. The fraction of sp³-hybridized carbons (Fsp3) is 0.562. The Morgan fingerprint density at radius 3 is 2.65 bits per heavy atom. The van der Waals surface area contributed by atoms with Crippen LogP contribution in [0.5, 0.6) is 0 Å². The average Bonchev–Trinajstić information content (AvgIpc) is 2.53. The lowest BCUT2D eigenvalue weighted by atomic mass is 9.83. The molecule has 0 aromatic heterocycles. The third-order valence-electron chi connectivity index (χ3n) is 4.30. The molecule has 4 nitrogen and oxygen atoms in total. The summed E-state index contributed by atoms with van der Waals surface area (Å²) in [5.41, 5.74) is 3.87. The second kappa shape index (κ2) is 7.29. The van der Waals surface area contributed by atoms with Crippen LogP contribution in [0.4, 0.5) is 5.69 Å². The van der Waals surface area contributed by atoms with E-state index >= 15 is 0 Å². The van der Waals surface area contributed by atoms with Gasteiger partial charge in [-0.1, -0.05) is 38.3 Å². The van der Waals surface area contributed by atoms with Crippen molar-refractivity contribution in [1.82, 2.24) is 5.32 Å². The second-order valence-electron chi connectivity index (χ2n) is 5.58. The molecule has 1 atom stereocenters. The number of amides is 1. The van der Waals surface area contributed by atoms with Crippen LogP contribution in [0.15, 0.2) is 24.3 Å². The molecule has 1 aliphatic rings. The normalized spacial score (nSPS) is 17.5. The highest BCUT2D eigenvalue weighted by Crippen LogP contribution is 2.28. The van der Waals surface area contributed by atoms with Gasteiger partial charge in [-0.3, -0.25) is 10.6 Å². The molecule has 2 rings (SSSR count). The number of para-hydroxylation sites is 1. The number of nitrogen functional groups attached to an aromatic ring is 1. The number of carbonyl (C=O) groups is 1. The van der Waals surface area contributed by atoms with Crippen LogP contribution in [-0.4, -0.2) is 11.9 Å². The van der Waals surface area contributed by atoms with E-state index in [1.165, 1.54) is 32.1 Å². The van der Waals surface area contributed by atoms with E-state index in [-0.39, 0.29) is 11.9 Å². The van der Waals surface area contributed by atoms with Crippen LogP contribution >= 0.6 is 0 Å². The van der Waals surface area contributed by atoms with Crippen LogP contribution in [0.1, 0.15) is 55.8 Å². The fourth-order valence-electron chi connectivity index (χ4n) is 3.14. The van der Waals surface area contributed by atoms with Crippen molar-refractivity contribution in [3.8, 4) is 0 Å². The maximum Gasteiger partial charge on any atom is 0.253 e. The summed E-state index contributed by atoms with van der Waals surface area (Å²) in [6, 6.07) is 7.62. The van der Waals surface area contributed by atoms with Gasteiger partial charge < -0.3 is 10.7 Å². The first-order valence-corrected chi connectivity index (χ1v) is 7.62. The quantitative estimate of drug-likeness (QED) is 0.571. The lowest BCUT2D eigenvalue weighted by Gasteiger charge is -2.30. The molecule has 1 aromatic rings. The van der Waals surface area contributed by atoms with E-state index in [9.17, 15) is 4.79 Å². The van der Waals surface area contributed by atoms with E-state index in [0.29, 0.717) is 17.2 Å². The maximum atomic E-state index is 12.4. The molecule has 1 amide bonds. The zero-order chi connectivity index (χ0) is 14.4. The minimum absolute atomic E-state index is 0.0315. The molecule has 1 unspecified atom stereocenters. The molecule has 1 aliphatic carbocycles. The summed E-state index contributed by atoms with van der Waals surface area (Å²) in [5.74, 6) is 6.05. The Labute approximate surface area is 121 Å². The van der Waals surface area contributed by atoms with Crippen LogP contribution in [0.25, 0.3) is 0 Å². The number of anilines is 1. The number of rotatable bonds is 5. The summed E-state index contributed by atoms with van der Waals surface area (Å²) < 4.78 is 0. The van der Waals surface area contributed by atoms with Crippen LogP contribution in [0.3, 0.4) is 0 Å². The van der Waals surface area contributed by atoms with E-state index in [0.717, 1.165) is 6.42 Å². The molecule has 1 aromatic carbocycles. The molecular formula is C16H25N3O. The first-order chi connectivity index (χ1) is 9.76. The summed E-state index contributed by atoms with van der Waals surface area (Å²) in [7, 11) is 0. The van der Waals surface area contributed by atoms with Gasteiger partial charge >= 0.3 is 0 Å². The van der Waals surface area contributed by atoms with Crippen molar-refractivity contribution in [3.63, 3.8) is 0 Å². The van der Waals surface area contributed by atoms with E-state index in [2.05, 4.69) is 17.7 Å². The van der Waals surface area contributed by atoms with Gasteiger partial charge in [0.25, 0.3) is 5.91 Å². The number of benzene rings is 1. The van der Waals surface area contributed by atoms with Gasteiger partial charge in [-0.2, -0.15) is 0 Å². The number of nitrogens with two attached hydrogens (primary N) is 1. The van der Waals surface area contributed by atoms with Crippen molar-refractivity contribution in [2.75, 3.05) is 5.43 Å². The van der Waals surface area contributed by atoms with Gasteiger partial charge in [-0.05, 0) is 37.3 Å². The van der Waals surface area contributed by atoms with Crippen LogP contribution < -0.4 is 16.6 Å². The number of hydrogen-bond acceptors (Lipinski definition) is 3. The van der Waals surface area contributed by atoms with Gasteiger partial charge in [0.15, 0.2) is 0 Å². The number of hydrogen-bond donors (Lipinski definition) is 3. The molecule has 4 N–H and O–H groups in total. The molecule has 0 aliphatic heterocycles. The second-order valence-corrected chi connectivity index (χ2v) is 5.58. The van der Waals surface area contributed by atoms with Crippen molar-refractivity contribution in [2.45, 2.75) is 51.5 Å². The monoisotopic (exact) mass is 275 g/mol. The van der Waals surface area contributed by atoms with Crippen LogP contribution in [0.2, 0.25) is 0 Å². The predicted octanol–water partition coefficient (Wildman–Crippen LogP) is 3.06. The summed E-state index contributed by atoms with van der Waals surface area (Å²) in [6.45, 7) is 2.15. The predicted molar refractivity (Wildman–Crippen MR) is 82.4 cm³/mol. The smallest absolute Gasteiger partial charge is 0.253 e.